The molecule has 1 aliphatic heterocycles. The molecule has 1 heterocycles. The minimum Gasteiger partial charge on any atom is -0.496 e. The molecule has 3 aromatic rings. The molecule has 0 saturated heterocycles. The highest BCUT2D eigenvalue weighted by Crippen LogP contribution is 2.46. The Hall–Kier alpha value is -4.00. The van der Waals surface area contributed by atoms with Crippen LogP contribution in [0.25, 0.3) is 0 Å². The number of carbonyl (C=O) groups is 2. The Bertz CT molecular complexity index is 1170. The van der Waals surface area contributed by atoms with Gasteiger partial charge in [0, 0.05) is 31.7 Å². The van der Waals surface area contributed by atoms with Crippen molar-refractivity contribution in [2.75, 3.05) is 20.8 Å². The van der Waals surface area contributed by atoms with Crippen molar-refractivity contribution >= 4 is 11.9 Å². The number of hydrogen-bond acceptors (Lipinski definition) is 5. The molecule has 1 amide bonds. The zero-order chi connectivity index (χ0) is 24.3. The van der Waals surface area contributed by atoms with Crippen molar-refractivity contribution in [1.29, 1.82) is 0 Å². The van der Waals surface area contributed by atoms with E-state index in [0.29, 0.717) is 30.0 Å². The monoisotopic (exact) mass is 461 g/mol. The molecule has 7 nitrogen and oxygen atoms in total. The van der Waals surface area contributed by atoms with Crippen LogP contribution in [0, 0.1) is 0 Å². The van der Waals surface area contributed by atoms with Crippen molar-refractivity contribution < 1.29 is 28.9 Å². The molecule has 0 aliphatic carbocycles. The number of carbonyl (C=O) groups excluding carboxylic acids is 1. The third-order valence-corrected chi connectivity index (χ3v) is 6.24. The largest absolute Gasteiger partial charge is 0.496 e. The summed E-state index contributed by atoms with van der Waals surface area (Å²) in [5.41, 5.74) is 0.954. The zero-order valence-electron chi connectivity index (χ0n) is 19.4. The van der Waals surface area contributed by atoms with Crippen molar-refractivity contribution in [1.82, 2.24) is 4.90 Å². The summed E-state index contributed by atoms with van der Waals surface area (Å²) >= 11 is 0. The Morgan fingerprint density at radius 1 is 0.912 bits per heavy atom. The zero-order valence-corrected chi connectivity index (χ0v) is 19.4. The minimum atomic E-state index is -1.46. The predicted octanol–water partition coefficient (Wildman–Crippen LogP) is 3.88. The second-order valence-corrected chi connectivity index (χ2v) is 8.09. The summed E-state index contributed by atoms with van der Waals surface area (Å²) in [5, 5.41) is 10.6. The highest BCUT2D eigenvalue weighted by atomic mass is 16.5. The van der Waals surface area contributed by atoms with Crippen LogP contribution >= 0.6 is 0 Å². The minimum absolute atomic E-state index is 0.239. The molecule has 7 heteroatoms. The molecular formula is C27H27NO6. The number of benzene rings is 3. The first-order chi connectivity index (χ1) is 16.4. The molecular weight excluding hydrogens is 434 g/mol. The summed E-state index contributed by atoms with van der Waals surface area (Å²) in [7, 11) is 3.01. The van der Waals surface area contributed by atoms with Gasteiger partial charge in [-0.05, 0) is 23.1 Å². The van der Waals surface area contributed by atoms with E-state index in [9.17, 15) is 14.7 Å². The lowest BCUT2D eigenvalue weighted by Gasteiger charge is -2.50. The van der Waals surface area contributed by atoms with Gasteiger partial charge in [0.1, 0.15) is 22.8 Å². The van der Waals surface area contributed by atoms with Crippen LogP contribution in [-0.2, 0) is 21.5 Å². The summed E-state index contributed by atoms with van der Waals surface area (Å²) < 4.78 is 16.9. The van der Waals surface area contributed by atoms with E-state index in [1.54, 1.807) is 23.1 Å². The summed E-state index contributed by atoms with van der Waals surface area (Å²) in [6.45, 7) is 1.81. The molecule has 0 aromatic heterocycles. The van der Waals surface area contributed by atoms with Crippen molar-refractivity contribution in [3.63, 3.8) is 0 Å². The van der Waals surface area contributed by atoms with Crippen LogP contribution < -0.4 is 14.2 Å². The number of nitrogens with zero attached hydrogens (tertiary/aromatic N) is 1. The van der Waals surface area contributed by atoms with Crippen LogP contribution in [0.15, 0.2) is 72.8 Å². The van der Waals surface area contributed by atoms with E-state index in [1.807, 2.05) is 54.6 Å². The first-order valence-electron chi connectivity index (χ1n) is 11.0. The lowest BCUT2D eigenvalue weighted by atomic mass is 9.71. The van der Waals surface area contributed by atoms with E-state index in [2.05, 4.69) is 0 Å². The van der Waals surface area contributed by atoms with Gasteiger partial charge in [-0.15, -0.1) is 0 Å². The number of carboxylic acid groups (broad SMARTS) is 1. The van der Waals surface area contributed by atoms with Crippen LogP contribution in [0.2, 0.25) is 0 Å². The molecule has 34 heavy (non-hydrogen) atoms. The number of aliphatic carboxylic acids is 1. The Morgan fingerprint density at radius 3 is 2.09 bits per heavy atom. The average Bonchev–Trinajstić information content (AvgIpc) is 2.86. The van der Waals surface area contributed by atoms with Gasteiger partial charge in [-0.1, -0.05) is 54.6 Å². The smallest absolute Gasteiger partial charge is 0.348 e. The molecule has 0 spiro atoms. The highest BCUT2D eigenvalue weighted by Gasteiger charge is 2.56. The Kier molecular flexibility index (Phi) is 6.45. The van der Waals surface area contributed by atoms with Gasteiger partial charge < -0.3 is 24.2 Å². The maximum absolute atomic E-state index is 13.0. The number of rotatable bonds is 7. The molecule has 0 saturated carbocycles. The Morgan fingerprint density at radius 2 is 1.50 bits per heavy atom. The molecule has 3 aromatic carbocycles. The van der Waals surface area contributed by atoms with Crippen LogP contribution in [0.1, 0.15) is 23.6 Å². The maximum Gasteiger partial charge on any atom is 0.348 e. The Balaban J connectivity index is 2.00. The Labute approximate surface area is 198 Å². The van der Waals surface area contributed by atoms with Gasteiger partial charge in [-0.3, -0.25) is 4.79 Å². The van der Waals surface area contributed by atoms with Crippen LogP contribution in [0.4, 0.5) is 0 Å². The fourth-order valence-electron chi connectivity index (χ4n) is 4.81. The lowest BCUT2D eigenvalue weighted by molar-refractivity contribution is -0.157. The number of methoxy groups -OCH3 is 2. The SMILES string of the molecule is COc1cc(OC)cc(OC(C(=O)O)C2(c3ccccc3)c3ccccc3CCN2C(C)=O)c1. The molecule has 176 valence electrons. The van der Waals surface area contributed by atoms with Gasteiger partial charge in [0.05, 0.1) is 14.2 Å². The molecule has 0 fully saturated rings. The van der Waals surface area contributed by atoms with E-state index >= 15 is 0 Å². The van der Waals surface area contributed by atoms with E-state index in [4.69, 9.17) is 14.2 Å². The predicted molar refractivity (Wildman–Crippen MR) is 126 cm³/mol. The quantitative estimate of drug-likeness (QED) is 0.575. The van der Waals surface area contributed by atoms with Crippen molar-refractivity contribution in [2.45, 2.75) is 25.0 Å². The van der Waals surface area contributed by atoms with Crippen molar-refractivity contribution in [2.24, 2.45) is 0 Å². The van der Waals surface area contributed by atoms with Gasteiger partial charge in [0.2, 0.25) is 12.0 Å². The normalized spacial score (nSPS) is 17.9. The molecule has 0 bridgehead atoms. The topological polar surface area (TPSA) is 85.3 Å². The van der Waals surface area contributed by atoms with Gasteiger partial charge in [0.15, 0.2) is 0 Å². The molecule has 1 aliphatic rings. The number of hydrogen-bond donors (Lipinski definition) is 1. The van der Waals surface area contributed by atoms with E-state index in [-0.39, 0.29) is 11.7 Å². The third kappa shape index (κ3) is 3.94. The summed E-state index contributed by atoms with van der Waals surface area (Å²) in [5.74, 6) is -0.269. The summed E-state index contributed by atoms with van der Waals surface area (Å²) in [6, 6.07) is 21.7. The molecule has 1 N–H and O–H groups in total. The number of carboxylic acids is 1. The van der Waals surface area contributed by atoms with Crippen molar-refractivity contribution in [3.8, 4) is 17.2 Å². The van der Waals surface area contributed by atoms with Crippen LogP contribution in [0.3, 0.4) is 0 Å². The van der Waals surface area contributed by atoms with E-state index in [1.165, 1.54) is 21.1 Å². The second-order valence-electron chi connectivity index (χ2n) is 8.09. The molecule has 0 radical (unpaired) electrons. The lowest BCUT2D eigenvalue weighted by Crippen LogP contribution is -2.63. The van der Waals surface area contributed by atoms with Gasteiger partial charge in [-0.2, -0.15) is 0 Å². The van der Waals surface area contributed by atoms with Crippen molar-refractivity contribution in [3.05, 3.63) is 89.5 Å². The van der Waals surface area contributed by atoms with Crippen LogP contribution in [-0.4, -0.2) is 48.8 Å². The molecule has 2 unspecified atom stereocenters. The number of ether oxygens (including phenoxy) is 3. The van der Waals surface area contributed by atoms with E-state index in [0.717, 1.165) is 11.1 Å². The van der Waals surface area contributed by atoms with Gasteiger partial charge in [0.25, 0.3) is 0 Å². The van der Waals surface area contributed by atoms with Gasteiger partial charge >= 0.3 is 5.97 Å². The number of fused-ring (bicyclic) bond motifs is 1. The first-order valence-corrected chi connectivity index (χ1v) is 11.0. The highest BCUT2D eigenvalue weighted by molar-refractivity contribution is 5.82. The fourth-order valence-corrected chi connectivity index (χ4v) is 4.81. The fraction of sp³-hybridized carbons (Fsp3) is 0.259. The molecule has 4 rings (SSSR count). The maximum atomic E-state index is 13.0. The van der Waals surface area contributed by atoms with Crippen LogP contribution in [0.5, 0.6) is 17.2 Å². The second kappa shape index (κ2) is 9.47. The summed E-state index contributed by atoms with van der Waals surface area (Å²) in [6.07, 6.45) is -0.846. The third-order valence-electron chi connectivity index (χ3n) is 6.24. The summed E-state index contributed by atoms with van der Waals surface area (Å²) in [4.78, 5) is 27.6. The van der Waals surface area contributed by atoms with Gasteiger partial charge in [-0.25, -0.2) is 4.79 Å². The van der Waals surface area contributed by atoms with E-state index < -0.39 is 17.6 Å². The average molecular weight is 462 g/mol. The number of amides is 1. The first kappa shape index (κ1) is 23.2. The molecule has 2 atom stereocenters. The standard InChI is InChI=1S/C27H27NO6/c1-18(29)28-14-13-19-9-7-8-12-24(19)27(28,20-10-5-4-6-11-20)25(26(30)31)34-23-16-21(32-2)15-22(17-23)33-3/h4-12,15-17,25H,13-14H2,1-3H3,(H,30,31).